The molecule has 5 aromatic rings. The molecular weight excluding hydrogens is 495 g/mol. The van der Waals surface area contributed by atoms with Gasteiger partial charge in [0.05, 0.1) is 0 Å². The van der Waals surface area contributed by atoms with Crippen molar-refractivity contribution in [1.82, 2.24) is 0 Å². The van der Waals surface area contributed by atoms with E-state index < -0.39 is 0 Å². The number of carbonyl (C=O) groups excluding carboxylic acids is 1. The molecule has 1 N–H and O–H groups in total. The van der Waals surface area contributed by atoms with Crippen molar-refractivity contribution < 1.29 is 9.90 Å². The number of carbonyl (C=O) groups is 1. The van der Waals surface area contributed by atoms with Crippen LogP contribution in [0.25, 0.3) is 21.5 Å². The molecule has 0 heterocycles. The summed E-state index contributed by atoms with van der Waals surface area (Å²) in [5, 5.41) is 13.9. The molecule has 1 aliphatic carbocycles. The van der Waals surface area contributed by atoms with Crippen LogP contribution in [0.3, 0.4) is 0 Å². The first-order chi connectivity index (χ1) is 16.7. The normalized spacial score (nSPS) is 14.3. The fourth-order valence-electron chi connectivity index (χ4n) is 5.12. The van der Waals surface area contributed by atoms with Crippen molar-refractivity contribution in [2.45, 2.75) is 31.6 Å². The number of aryl methyl sites for hydroxylation is 1. The van der Waals surface area contributed by atoms with Crippen molar-refractivity contribution in [3.8, 4) is 5.75 Å². The third-order valence-electron chi connectivity index (χ3n) is 6.78. The van der Waals surface area contributed by atoms with Crippen molar-refractivity contribution in [1.29, 1.82) is 0 Å². The van der Waals surface area contributed by atoms with E-state index in [0.29, 0.717) is 18.1 Å². The summed E-state index contributed by atoms with van der Waals surface area (Å²) in [4.78, 5) is 12.8. The van der Waals surface area contributed by atoms with Gasteiger partial charge >= 0.3 is 17.1 Å². The molecule has 1 aliphatic rings. The van der Waals surface area contributed by atoms with Crippen LogP contribution in [-0.4, -0.2) is 28.0 Å². The van der Waals surface area contributed by atoms with E-state index >= 15 is 0 Å². The van der Waals surface area contributed by atoms with Gasteiger partial charge in [-0.1, -0.05) is 97.1 Å². The van der Waals surface area contributed by atoms with Crippen LogP contribution in [-0.2, 0) is 6.42 Å². The predicted octanol–water partition coefficient (Wildman–Crippen LogP) is 7.16. The standard InChI is InChI=1S/C26H22O.C6H6O.H2Se/c27-26(19-8-2-1-3-9-19)17-20-10-6-12-23-22(20)15-16-24-21-11-5-4-7-18(21)13-14-25(23)24;7-6-4-2-1-3-5-6;/h1-5,7-9,11,13-16,20H,6,10,12,17H2;1-5,7H;1H2. The Labute approximate surface area is 217 Å². The number of Topliss-reactive ketones (excluding diaryl/α,β-unsaturated/α-hetero) is 1. The second-order valence-corrected chi connectivity index (χ2v) is 8.93. The van der Waals surface area contributed by atoms with Gasteiger partial charge in [-0.3, -0.25) is 4.79 Å². The Morgan fingerprint density at radius 2 is 1.37 bits per heavy atom. The Morgan fingerprint density at radius 1 is 0.714 bits per heavy atom. The number of fused-ring (bicyclic) bond motifs is 5. The number of phenolic OH excluding ortho intramolecular Hbond substituents is 1. The van der Waals surface area contributed by atoms with Crippen LogP contribution in [0.2, 0.25) is 0 Å². The van der Waals surface area contributed by atoms with Gasteiger partial charge in [-0.25, -0.2) is 0 Å². The molecule has 0 spiro atoms. The van der Waals surface area contributed by atoms with Gasteiger partial charge in [-0.05, 0) is 70.0 Å². The molecule has 0 radical (unpaired) electrons. The Kier molecular flexibility index (Phi) is 8.02. The third kappa shape index (κ3) is 5.48. The topological polar surface area (TPSA) is 37.3 Å². The van der Waals surface area contributed by atoms with Crippen LogP contribution in [0.4, 0.5) is 0 Å². The van der Waals surface area contributed by atoms with Crippen LogP contribution in [0.1, 0.15) is 46.7 Å². The van der Waals surface area contributed by atoms with Gasteiger partial charge in [0, 0.05) is 12.0 Å². The molecule has 0 aromatic heterocycles. The van der Waals surface area contributed by atoms with E-state index in [9.17, 15) is 4.79 Å². The molecule has 0 saturated heterocycles. The number of hydrogen-bond acceptors (Lipinski definition) is 2. The van der Waals surface area contributed by atoms with Crippen molar-refractivity contribution in [3.63, 3.8) is 0 Å². The Morgan fingerprint density at radius 3 is 2.09 bits per heavy atom. The van der Waals surface area contributed by atoms with Crippen LogP contribution in [0.5, 0.6) is 5.75 Å². The van der Waals surface area contributed by atoms with Gasteiger partial charge < -0.3 is 5.11 Å². The maximum absolute atomic E-state index is 12.8. The minimum atomic E-state index is 0. The molecular formula is C32H30O2Se. The number of phenols is 1. The van der Waals surface area contributed by atoms with E-state index in [1.165, 1.54) is 32.7 Å². The first-order valence-corrected chi connectivity index (χ1v) is 12.0. The van der Waals surface area contributed by atoms with E-state index in [2.05, 4.69) is 48.5 Å². The summed E-state index contributed by atoms with van der Waals surface area (Å²) >= 11 is 0. The van der Waals surface area contributed by atoms with Crippen molar-refractivity contribution in [2.75, 3.05) is 0 Å². The van der Waals surface area contributed by atoms with Crippen molar-refractivity contribution in [2.24, 2.45) is 0 Å². The van der Waals surface area contributed by atoms with E-state index in [1.54, 1.807) is 24.3 Å². The zero-order valence-electron chi connectivity index (χ0n) is 19.7. The molecule has 3 heteroatoms. The van der Waals surface area contributed by atoms with E-state index in [4.69, 9.17) is 5.11 Å². The first-order valence-electron chi connectivity index (χ1n) is 12.0. The first kappa shape index (κ1) is 24.7. The molecule has 6 rings (SSSR count). The average Bonchev–Trinajstić information content (AvgIpc) is 2.90. The zero-order valence-corrected chi connectivity index (χ0v) is 21.8. The number of para-hydroxylation sites is 1. The third-order valence-corrected chi connectivity index (χ3v) is 6.78. The molecule has 35 heavy (non-hydrogen) atoms. The van der Waals surface area contributed by atoms with Crippen LogP contribution >= 0.6 is 0 Å². The second kappa shape index (κ2) is 11.4. The van der Waals surface area contributed by atoms with Gasteiger partial charge in [0.1, 0.15) is 5.75 Å². The molecule has 5 aromatic carbocycles. The fourth-order valence-corrected chi connectivity index (χ4v) is 5.12. The molecule has 0 amide bonds. The van der Waals surface area contributed by atoms with Crippen LogP contribution in [0, 0.1) is 0 Å². The molecule has 1 unspecified atom stereocenters. The van der Waals surface area contributed by atoms with Crippen LogP contribution in [0.15, 0.2) is 109 Å². The summed E-state index contributed by atoms with van der Waals surface area (Å²) in [6.45, 7) is 0. The van der Waals surface area contributed by atoms with Gasteiger partial charge in [0.25, 0.3) is 0 Å². The molecule has 1 atom stereocenters. The Bertz CT molecular complexity index is 1430. The molecule has 0 aliphatic heterocycles. The number of ketones is 1. The second-order valence-electron chi connectivity index (χ2n) is 8.93. The summed E-state index contributed by atoms with van der Waals surface area (Å²) < 4.78 is 0. The SMILES string of the molecule is O=C(CC1CCCc2c1ccc1c2ccc2ccccc21)c1ccccc1.Oc1ccccc1.[SeH2]. The van der Waals surface area contributed by atoms with Gasteiger partial charge in [0.15, 0.2) is 5.78 Å². The zero-order chi connectivity index (χ0) is 23.3. The van der Waals surface area contributed by atoms with Gasteiger partial charge in [-0.2, -0.15) is 0 Å². The number of aromatic hydroxyl groups is 1. The van der Waals surface area contributed by atoms with Gasteiger partial charge in [0.2, 0.25) is 0 Å². The number of hydrogen-bond donors (Lipinski definition) is 1. The average molecular weight is 526 g/mol. The van der Waals surface area contributed by atoms with Crippen LogP contribution < -0.4 is 0 Å². The molecule has 2 nitrogen and oxygen atoms in total. The van der Waals surface area contributed by atoms with E-state index in [0.717, 1.165) is 24.8 Å². The maximum atomic E-state index is 12.8. The Balaban J connectivity index is 0.000000313. The predicted molar refractivity (Wildman–Crippen MR) is 149 cm³/mol. The molecule has 0 bridgehead atoms. The molecule has 176 valence electrons. The summed E-state index contributed by atoms with van der Waals surface area (Å²) in [6.07, 6.45) is 3.98. The summed E-state index contributed by atoms with van der Waals surface area (Å²) in [7, 11) is 0. The number of rotatable bonds is 3. The Hall–Kier alpha value is -3.39. The van der Waals surface area contributed by atoms with E-state index in [-0.39, 0.29) is 22.9 Å². The summed E-state index contributed by atoms with van der Waals surface area (Å²) in [5.41, 5.74) is 3.67. The monoisotopic (exact) mass is 526 g/mol. The minimum absolute atomic E-state index is 0. The fraction of sp³-hybridized carbons (Fsp3) is 0.156. The van der Waals surface area contributed by atoms with Gasteiger partial charge in [-0.15, -0.1) is 0 Å². The quantitative estimate of drug-likeness (QED) is 0.154. The number of benzene rings is 5. The van der Waals surface area contributed by atoms with E-state index in [1.807, 2.05) is 36.4 Å². The van der Waals surface area contributed by atoms with Crippen molar-refractivity contribution >= 4 is 44.4 Å². The molecule has 0 saturated carbocycles. The summed E-state index contributed by atoms with van der Waals surface area (Å²) in [6, 6.07) is 36.1. The summed E-state index contributed by atoms with van der Waals surface area (Å²) in [5.74, 6) is 0.909. The van der Waals surface area contributed by atoms with Crippen molar-refractivity contribution in [3.05, 3.63) is 126 Å². The molecule has 0 fully saturated rings.